The zero-order valence-electron chi connectivity index (χ0n) is 41.5. The van der Waals surface area contributed by atoms with Gasteiger partial charge in [-0.15, -0.1) is 0 Å². The summed E-state index contributed by atoms with van der Waals surface area (Å²) in [5.74, 6) is 0. The lowest BCUT2D eigenvalue weighted by molar-refractivity contribution is 1.28. The van der Waals surface area contributed by atoms with Crippen LogP contribution in [0.15, 0.2) is 291 Å². The van der Waals surface area contributed by atoms with E-state index < -0.39 is 0 Å². The van der Waals surface area contributed by atoms with Crippen LogP contribution >= 0.6 is 0 Å². The maximum Gasteiger partial charge on any atom is 0.0794 e. The summed E-state index contributed by atoms with van der Waals surface area (Å²) in [7, 11) is 0. The van der Waals surface area contributed by atoms with Crippen LogP contribution < -0.4 is 9.80 Å². The normalized spacial score (nSPS) is 11.4. The zero-order chi connectivity index (χ0) is 50.4. The van der Waals surface area contributed by atoms with Gasteiger partial charge in [-0.3, -0.25) is 0 Å². The molecule has 0 aliphatic rings. The quantitative estimate of drug-likeness (QED) is 0.128. The molecule has 14 aromatic rings. The monoisotopic (exact) mass is 968 g/mol. The van der Waals surface area contributed by atoms with Gasteiger partial charge in [0.25, 0.3) is 0 Å². The number of anilines is 6. The molecule has 2 heterocycles. The Balaban J connectivity index is 1.00. The summed E-state index contributed by atoms with van der Waals surface area (Å²) >= 11 is 0. The van der Waals surface area contributed by atoms with Crippen molar-refractivity contribution in [1.82, 2.24) is 9.97 Å². The molecule has 0 fully saturated rings. The van der Waals surface area contributed by atoms with Gasteiger partial charge in [0.2, 0.25) is 0 Å². The predicted octanol–water partition coefficient (Wildman–Crippen LogP) is 19.9. The Bertz CT molecular complexity index is 4100. The Morgan fingerprint density at radius 3 is 0.921 bits per heavy atom. The van der Waals surface area contributed by atoms with E-state index in [9.17, 15) is 0 Å². The number of benzene rings is 12. The molecule has 0 atom stereocenters. The third-order valence-electron chi connectivity index (χ3n) is 14.7. The van der Waals surface area contributed by atoms with Gasteiger partial charge in [-0.2, -0.15) is 0 Å². The summed E-state index contributed by atoms with van der Waals surface area (Å²) in [6.07, 6.45) is 0. The molecule has 0 unspecified atom stereocenters. The van der Waals surface area contributed by atoms with E-state index in [1.54, 1.807) is 0 Å². The van der Waals surface area contributed by atoms with Crippen LogP contribution in [0.1, 0.15) is 0 Å². The lowest BCUT2D eigenvalue weighted by Gasteiger charge is -2.26. The molecule has 12 aromatic carbocycles. The molecule has 0 saturated carbocycles. The van der Waals surface area contributed by atoms with Crippen molar-refractivity contribution in [2.45, 2.75) is 0 Å². The van der Waals surface area contributed by atoms with Crippen molar-refractivity contribution >= 4 is 88.2 Å². The minimum absolute atomic E-state index is 0.892. The first-order valence-corrected chi connectivity index (χ1v) is 25.9. The van der Waals surface area contributed by atoms with Crippen molar-refractivity contribution in [1.29, 1.82) is 0 Å². The van der Waals surface area contributed by atoms with Crippen molar-refractivity contribution in [2.75, 3.05) is 9.80 Å². The Morgan fingerprint density at radius 1 is 0.211 bits per heavy atom. The minimum Gasteiger partial charge on any atom is -0.310 e. The average Bonchev–Trinajstić information content (AvgIpc) is 3.58. The fourth-order valence-electron chi connectivity index (χ4n) is 11.1. The highest BCUT2D eigenvalue weighted by atomic mass is 15.1. The SMILES string of the molecule is c1ccc(N(c2ccccc2)c2cccc(-c3cc(-c4ccc5ccccc5c4)c4ccc5c(ccc6c(-c7ccc8ccccc8c7)cc(-c7cccc(N(c8ccccc8)c8ccccc8)c7)nc65)c4n3)c2)cc1. The van der Waals surface area contributed by atoms with E-state index in [1.807, 2.05) is 0 Å². The van der Waals surface area contributed by atoms with E-state index in [1.165, 1.54) is 21.5 Å². The molecule has 0 aliphatic carbocycles. The fourth-order valence-corrected chi connectivity index (χ4v) is 11.1. The number of pyridine rings is 2. The van der Waals surface area contributed by atoms with Gasteiger partial charge in [-0.05, 0) is 141 Å². The van der Waals surface area contributed by atoms with Crippen LogP contribution in [0.4, 0.5) is 34.1 Å². The van der Waals surface area contributed by atoms with Crippen LogP contribution in [0.25, 0.3) is 98.9 Å². The Kier molecular flexibility index (Phi) is 11.2. The molecular formula is C72H48N4. The third kappa shape index (κ3) is 8.15. The standard InChI is InChI=1S/C72H48N4/c1-5-25-57(26-6-1)75(58-27-7-2-8-28-58)61-33-17-23-55(45-61)69-47-67(53-37-35-49-19-13-15-21-51(49)43-53)65-41-40-64-63(71(65)73-69)39-42-66-68(54-38-36-50-20-14-16-22-52(50)44-54)48-70(74-72(64)66)56-24-18-34-62(46-56)76(59-29-9-3-10-30-59)60-31-11-4-12-32-60/h1-48H. The minimum atomic E-state index is 0.892. The summed E-state index contributed by atoms with van der Waals surface area (Å²) in [6, 6.07) is 104. The van der Waals surface area contributed by atoms with E-state index in [-0.39, 0.29) is 0 Å². The van der Waals surface area contributed by atoms with Crippen molar-refractivity contribution in [3.05, 3.63) is 291 Å². The second-order valence-corrected chi connectivity index (χ2v) is 19.4. The van der Waals surface area contributed by atoms with E-state index in [0.29, 0.717) is 0 Å². The van der Waals surface area contributed by atoms with Crippen LogP contribution in [-0.2, 0) is 0 Å². The highest BCUT2D eigenvalue weighted by molar-refractivity contribution is 6.20. The van der Waals surface area contributed by atoms with E-state index in [2.05, 4.69) is 301 Å². The van der Waals surface area contributed by atoms with Crippen LogP contribution in [-0.4, -0.2) is 9.97 Å². The molecule has 0 saturated heterocycles. The molecule has 4 nitrogen and oxygen atoms in total. The van der Waals surface area contributed by atoms with Gasteiger partial charge in [0.05, 0.1) is 22.4 Å². The number of rotatable bonds is 10. The number of aromatic nitrogens is 2. The first kappa shape index (κ1) is 44.5. The molecule has 4 heteroatoms. The number of nitrogens with zero attached hydrogens (tertiary/aromatic N) is 4. The molecule has 2 aromatic heterocycles. The molecule has 0 aliphatic heterocycles. The van der Waals surface area contributed by atoms with Crippen molar-refractivity contribution in [2.24, 2.45) is 0 Å². The second kappa shape index (κ2) is 19.0. The van der Waals surface area contributed by atoms with Crippen LogP contribution in [0, 0.1) is 0 Å². The second-order valence-electron chi connectivity index (χ2n) is 19.4. The Hall–Kier alpha value is -10.2. The maximum atomic E-state index is 5.71. The average molecular weight is 969 g/mol. The molecule has 14 rings (SSSR count). The number of fused-ring (bicyclic) bond motifs is 7. The maximum absolute atomic E-state index is 5.71. The summed E-state index contributed by atoms with van der Waals surface area (Å²) in [5, 5.41) is 9.05. The van der Waals surface area contributed by atoms with E-state index in [0.717, 1.165) is 111 Å². The highest BCUT2D eigenvalue weighted by Crippen LogP contribution is 2.44. The number of hydrogen-bond acceptors (Lipinski definition) is 4. The molecule has 0 spiro atoms. The highest BCUT2D eigenvalue weighted by Gasteiger charge is 2.20. The summed E-state index contributed by atoms with van der Waals surface area (Å²) < 4.78 is 0. The van der Waals surface area contributed by atoms with Crippen molar-refractivity contribution in [3.8, 4) is 44.8 Å². The van der Waals surface area contributed by atoms with Gasteiger partial charge < -0.3 is 9.80 Å². The topological polar surface area (TPSA) is 32.3 Å². The summed E-state index contributed by atoms with van der Waals surface area (Å²) in [4.78, 5) is 16.0. The lowest BCUT2D eigenvalue weighted by atomic mass is 9.92. The van der Waals surface area contributed by atoms with Crippen molar-refractivity contribution in [3.63, 3.8) is 0 Å². The van der Waals surface area contributed by atoms with Gasteiger partial charge in [0, 0.05) is 66.8 Å². The van der Waals surface area contributed by atoms with Gasteiger partial charge in [0.15, 0.2) is 0 Å². The van der Waals surface area contributed by atoms with E-state index >= 15 is 0 Å². The largest absolute Gasteiger partial charge is 0.310 e. The van der Waals surface area contributed by atoms with Crippen molar-refractivity contribution < 1.29 is 0 Å². The van der Waals surface area contributed by atoms with Gasteiger partial charge in [0.1, 0.15) is 0 Å². The molecule has 0 radical (unpaired) electrons. The lowest BCUT2D eigenvalue weighted by Crippen LogP contribution is -2.09. The molecular weight excluding hydrogens is 921 g/mol. The predicted molar refractivity (Wildman–Crippen MR) is 321 cm³/mol. The fraction of sp³-hybridized carbons (Fsp3) is 0. The van der Waals surface area contributed by atoms with Gasteiger partial charge in [-0.25, -0.2) is 9.97 Å². The summed E-state index contributed by atoms with van der Waals surface area (Å²) in [5.41, 5.74) is 16.6. The Morgan fingerprint density at radius 2 is 0.539 bits per heavy atom. The number of hydrogen-bond donors (Lipinski definition) is 0. The molecule has 0 N–H and O–H groups in total. The molecule has 0 amide bonds. The van der Waals surface area contributed by atoms with Crippen LogP contribution in [0.3, 0.4) is 0 Å². The first-order chi connectivity index (χ1) is 37.7. The summed E-state index contributed by atoms with van der Waals surface area (Å²) in [6.45, 7) is 0. The van der Waals surface area contributed by atoms with Crippen LogP contribution in [0.5, 0.6) is 0 Å². The molecule has 356 valence electrons. The first-order valence-electron chi connectivity index (χ1n) is 25.9. The smallest absolute Gasteiger partial charge is 0.0794 e. The Labute approximate surface area is 441 Å². The number of para-hydroxylation sites is 4. The van der Waals surface area contributed by atoms with Gasteiger partial charge >= 0.3 is 0 Å². The molecule has 76 heavy (non-hydrogen) atoms. The zero-order valence-corrected chi connectivity index (χ0v) is 41.5. The van der Waals surface area contributed by atoms with Gasteiger partial charge in [-0.1, -0.05) is 194 Å². The third-order valence-corrected chi connectivity index (χ3v) is 14.7. The van der Waals surface area contributed by atoms with Crippen LogP contribution in [0.2, 0.25) is 0 Å². The molecule has 0 bridgehead atoms. The van der Waals surface area contributed by atoms with E-state index in [4.69, 9.17) is 9.97 Å².